The minimum Gasteiger partial charge on any atom is -0.394 e. The van der Waals surface area contributed by atoms with Crippen molar-refractivity contribution < 1.29 is 20.1 Å². The molecule has 0 aliphatic heterocycles. The highest BCUT2D eigenvalue weighted by atomic mass is 16.3. The van der Waals surface area contributed by atoms with Crippen molar-refractivity contribution in [2.45, 2.75) is 193 Å². The van der Waals surface area contributed by atoms with Crippen LogP contribution in [0.15, 0.2) is 0 Å². The van der Waals surface area contributed by atoms with Crippen molar-refractivity contribution in [3.63, 3.8) is 0 Å². The lowest BCUT2D eigenvalue weighted by molar-refractivity contribution is -0.131. The molecule has 0 aliphatic rings. The zero-order valence-electron chi connectivity index (χ0n) is 24.9. The van der Waals surface area contributed by atoms with Gasteiger partial charge in [0.15, 0.2) is 0 Å². The number of aliphatic hydroxyl groups excluding tert-OH is 3. The molecule has 0 aliphatic carbocycles. The summed E-state index contributed by atoms with van der Waals surface area (Å²) < 4.78 is 0. The number of carbonyl (C=O) groups is 1. The fraction of sp³-hybridized carbons (Fsp3) is 0.969. The van der Waals surface area contributed by atoms with E-state index in [1.54, 1.807) is 0 Å². The monoisotopic (exact) mass is 527 g/mol. The van der Waals surface area contributed by atoms with Crippen LogP contribution in [0.5, 0.6) is 0 Å². The Labute approximate surface area is 230 Å². The summed E-state index contributed by atoms with van der Waals surface area (Å²) in [6, 6.07) is -0.702. The summed E-state index contributed by atoms with van der Waals surface area (Å²) in [7, 11) is 0. The first-order chi connectivity index (χ1) is 18.1. The minimum atomic E-state index is -1.06. The number of aliphatic hydroxyl groups is 3. The average Bonchev–Trinajstić information content (AvgIpc) is 2.90. The molecule has 1 amide bonds. The second-order valence-corrected chi connectivity index (χ2v) is 11.4. The van der Waals surface area contributed by atoms with E-state index in [0.717, 1.165) is 32.1 Å². The van der Waals surface area contributed by atoms with Crippen LogP contribution in [0.3, 0.4) is 0 Å². The Bertz CT molecular complexity index is 474. The summed E-state index contributed by atoms with van der Waals surface area (Å²) >= 11 is 0. The second kappa shape index (κ2) is 28.4. The summed E-state index contributed by atoms with van der Waals surface area (Å²) in [5.74, 6) is -0.475. The standard InChI is InChI=1S/C32H65NO4/c1-3-5-7-9-11-13-14-15-16-17-18-19-21-22-24-26-30(35)29(28-34)33-32(37)31(36)27-25-23-20-12-10-8-6-4-2/h29-31,34-36H,3-28H2,1-2H3,(H,33,37). The molecule has 3 unspecified atom stereocenters. The summed E-state index contributed by atoms with van der Waals surface area (Å²) in [4.78, 5) is 12.3. The zero-order valence-corrected chi connectivity index (χ0v) is 24.9. The van der Waals surface area contributed by atoms with Gasteiger partial charge in [0.05, 0.1) is 18.8 Å². The first-order valence-corrected chi connectivity index (χ1v) is 16.3. The number of nitrogens with one attached hydrogen (secondary N) is 1. The summed E-state index contributed by atoms with van der Waals surface area (Å²) in [6.45, 7) is 4.17. The number of carbonyl (C=O) groups excluding carboxylic acids is 1. The molecular formula is C32H65NO4. The van der Waals surface area contributed by atoms with Crippen molar-refractivity contribution in [3.05, 3.63) is 0 Å². The van der Waals surface area contributed by atoms with Gasteiger partial charge >= 0.3 is 0 Å². The van der Waals surface area contributed by atoms with Crippen LogP contribution in [-0.2, 0) is 4.79 Å². The van der Waals surface area contributed by atoms with E-state index in [9.17, 15) is 20.1 Å². The van der Waals surface area contributed by atoms with Crippen LogP contribution in [0, 0.1) is 0 Å². The van der Waals surface area contributed by atoms with Gasteiger partial charge < -0.3 is 20.6 Å². The predicted octanol–water partition coefficient (Wildman–Crippen LogP) is 7.98. The van der Waals surface area contributed by atoms with Crippen LogP contribution in [0.2, 0.25) is 0 Å². The predicted molar refractivity (Wildman–Crippen MR) is 158 cm³/mol. The van der Waals surface area contributed by atoms with Gasteiger partial charge in [-0.2, -0.15) is 0 Å². The Morgan fingerprint density at radius 1 is 0.541 bits per heavy atom. The highest BCUT2D eigenvalue weighted by Gasteiger charge is 2.23. The molecule has 3 atom stereocenters. The lowest BCUT2D eigenvalue weighted by atomic mass is 10.0. The third-order valence-electron chi connectivity index (χ3n) is 7.73. The van der Waals surface area contributed by atoms with Crippen molar-refractivity contribution in [2.75, 3.05) is 6.61 Å². The van der Waals surface area contributed by atoms with E-state index in [4.69, 9.17) is 0 Å². The van der Waals surface area contributed by atoms with Gasteiger partial charge in [0, 0.05) is 0 Å². The van der Waals surface area contributed by atoms with Crippen molar-refractivity contribution in [3.8, 4) is 0 Å². The van der Waals surface area contributed by atoms with Crippen LogP contribution in [0.4, 0.5) is 0 Å². The van der Waals surface area contributed by atoms with Crippen LogP contribution < -0.4 is 5.32 Å². The highest BCUT2D eigenvalue weighted by molar-refractivity contribution is 5.80. The molecule has 0 aromatic heterocycles. The molecular weight excluding hydrogens is 462 g/mol. The van der Waals surface area contributed by atoms with Gasteiger partial charge in [0.25, 0.3) is 0 Å². The molecule has 5 heteroatoms. The first-order valence-electron chi connectivity index (χ1n) is 16.3. The van der Waals surface area contributed by atoms with Gasteiger partial charge in [-0.05, 0) is 12.8 Å². The Morgan fingerprint density at radius 2 is 0.865 bits per heavy atom. The quantitative estimate of drug-likeness (QED) is 0.0742. The fourth-order valence-corrected chi connectivity index (χ4v) is 5.07. The highest BCUT2D eigenvalue weighted by Crippen LogP contribution is 2.15. The van der Waals surface area contributed by atoms with Crippen molar-refractivity contribution in [1.82, 2.24) is 5.32 Å². The van der Waals surface area contributed by atoms with Gasteiger partial charge in [-0.15, -0.1) is 0 Å². The number of hydrogen-bond donors (Lipinski definition) is 4. The molecule has 0 aromatic rings. The molecule has 0 rings (SSSR count). The normalized spacial score (nSPS) is 14.0. The molecule has 37 heavy (non-hydrogen) atoms. The maximum atomic E-state index is 12.3. The van der Waals surface area contributed by atoms with Crippen LogP contribution in [0.25, 0.3) is 0 Å². The Morgan fingerprint density at radius 3 is 1.22 bits per heavy atom. The first kappa shape index (κ1) is 36.4. The van der Waals surface area contributed by atoms with E-state index in [-0.39, 0.29) is 6.61 Å². The fourth-order valence-electron chi connectivity index (χ4n) is 5.07. The summed E-state index contributed by atoms with van der Waals surface area (Å²) in [5, 5.41) is 32.9. The van der Waals surface area contributed by atoms with E-state index in [2.05, 4.69) is 19.2 Å². The van der Waals surface area contributed by atoms with Crippen molar-refractivity contribution in [2.24, 2.45) is 0 Å². The van der Waals surface area contributed by atoms with E-state index >= 15 is 0 Å². The number of amides is 1. The maximum absolute atomic E-state index is 12.3. The molecule has 4 N–H and O–H groups in total. The smallest absolute Gasteiger partial charge is 0.249 e. The van der Waals surface area contributed by atoms with Gasteiger partial charge in [-0.1, -0.05) is 162 Å². The lowest BCUT2D eigenvalue weighted by Gasteiger charge is -2.23. The largest absolute Gasteiger partial charge is 0.394 e. The lowest BCUT2D eigenvalue weighted by Crippen LogP contribution is -2.49. The molecule has 0 aromatic carbocycles. The summed E-state index contributed by atoms with van der Waals surface area (Å²) in [5.41, 5.74) is 0. The van der Waals surface area contributed by atoms with Crippen molar-refractivity contribution >= 4 is 5.91 Å². The number of rotatable bonds is 29. The molecule has 0 saturated carbocycles. The van der Waals surface area contributed by atoms with Crippen molar-refractivity contribution in [1.29, 1.82) is 0 Å². The van der Waals surface area contributed by atoms with Gasteiger partial charge in [0.2, 0.25) is 5.91 Å². The third kappa shape index (κ3) is 24.1. The molecule has 0 spiro atoms. The number of unbranched alkanes of at least 4 members (excludes halogenated alkanes) is 21. The topological polar surface area (TPSA) is 89.8 Å². The van der Waals surface area contributed by atoms with Gasteiger partial charge in [-0.25, -0.2) is 0 Å². The maximum Gasteiger partial charge on any atom is 0.249 e. The molecule has 0 heterocycles. The molecule has 222 valence electrons. The average molecular weight is 528 g/mol. The van der Waals surface area contributed by atoms with Gasteiger partial charge in [-0.3, -0.25) is 4.79 Å². The molecule has 0 bridgehead atoms. The molecule has 0 radical (unpaired) electrons. The molecule has 0 saturated heterocycles. The molecule has 0 fully saturated rings. The van der Waals surface area contributed by atoms with E-state index in [1.165, 1.54) is 116 Å². The second-order valence-electron chi connectivity index (χ2n) is 11.4. The third-order valence-corrected chi connectivity index (χ3v) is 7.73. The Hall–Kier alpha value is -0.650. The summed E-state index contributed by atoms with van der Waals surface area (Å²) in [6.07, 6.45) is 28.0. The zero-order chi connectivity index (χ0) is 27.4. The van der Waals surface area contributed by atoms with Crippen LogP contribution in [0.1, 0.15) is 174 Å². The van der Waals surface area contributed by atoms with Gasteiger partial charge in [0.1, 0.15) is 6.10 Å². The Balaban J connectivity index is 3.68. The minimum absolute atomic E-state index is 0.309. The van der Waals surface area contributed by atoms with E-state index < -0.39 is 24.2 Å². The van der Waals surface area contributed by atoms with E-state index in [1.807, 2.05) is 0 Å². The number of hydrogen-bond acceptors (Lipinski definition) is 4. The SMILES string of the molecule is CCCCCCCCCCCCCCCCCC(O)C(CO)NC(=O)C(O)CCCCCCCCCC. The van der Waals surface area contributed by atoms with E-state index in [0.29, 0.717) is 12.8 Å². The molecule has 5 nitrogen and oxygen atoms in total. The van der Waals surface area contributed by atoms with Crippen LogP contribution >= 0.6 is 0 Å². The Kier molecular flexibility index (Phi) is 27.9. The van der Waals surface area contributed by atoms with Crippen LogP contribution in [-0.4, -0.2) is 46.1 Å².